The van der Waals surface area contributed by atoms with Crippen LogP contribution in [0, 0.1) is 0 Å². The maximum Gasteiger partial charge on any atom is 0.142 e. The summed E-state index contributed by atoms with van der Waals surface area (Å²) in [6.45, 7) is 1.35. The van der Waals surface area contributed by atoms with Gasteiger partial charge in [-0.25, -0.2) is 0 Å². The van der Waals surface area contributed by atoms with E-state index in [-0.39, 0.29) is 6.61 Å². The number of hydrogen-bond donors (Lipinski definition) is 2. The lowest BCUT2D eigenvalue weighted by molar-refractivity contribution is 0.0728. The molecule has 1 aromatic carbocycles. The van der Waals surface area contributed by atoms with Gasteiger partial charge < -0.3 is 20.0 Å². The SMILES string of the molecule is CN(Cc1ccco1)CC(O)COc1ccccc1N. The topological polar surface area (TPSA) is 71.9 Å². The Labute approximate surface area is 118 Å². The second-order valence-corrected chi connectivity index (χ2v) is 4.78. The monoisotopic (exact) mass is 276 g/mol. The highest BCUT2D eigenvalue weighted by Crippen LogP contribution is 2.19. The highest BCUT2D eigenvalue weighted by molar-refractivity contribution is 5.51. The number of aliphatic hydroxyl groups excluding tert-OH is 1. The van der Waals surface area contributed by atoms with E-state index in [2.05, 4.69) is 0 Å². The quantitative estimate of drug-likeness (QED) is 0.754. The molecular weight excluding hydrogens is 256 g/mol. The number of furan rings is 1. The lowest BCUT2D eigenvalue weighted by Gasteiger charge is -2.20. The van der Waals surface area contributed by atoms with Crippen molar-refractivity contribution in [3.05, 3.63) is 48.4 Å². The van der Waals surface area contributed by atoms with E-state index >= 15 is 0 Å². The molecule has 0 fully saturated rings. The molecule has 5 heteroatoms. The smallest absolute Gasteiger partial charge is 0.142 e. The zero-order valence-corrected chi connectivity index (χ0v) is 11.5. The lowest BCUT2D eigenvalue weighted by Crippen LogP contribution is -2.32. The van der Waals surface area contributed by atoms with Crippen molar-refractivity contribution in [2.45, 2.75) is 12.6 Å². The van der Waals surface area contributed by atoms with Crippen molar-refractivity contribution in [1.29, 1.82) is 0 Å². The van der Waals surface area contributed by atoms with E-state index in [4.69, 9.17) is 14.9 Å². The molecule has 3 N–H and O–H groups in total. The van der Waals surface area contributed by atoms with Crippen molar-refractivity contribution in [3.63, 3.8) is 0 Å². The minimum atomic E-state index is -0.588. The van der Waals surface area contributed by atoms with Crippen molar-refractivity contribution < 1.29 is 14.3 Å². The molecule has 0 radical (unpaired) electrons. The zero-order valence-electron chi connectivity index (χ0n) is 11.5. The molecule has 20 heavy (non-hydrogen) atoms. The number of likely N-dealkylation sites (N-methyl/N-ethyl adjacent to an activating group) is 1. The third kappa shape index (κ3) is 4.29. The molecule has 0 aliphatic heterocycles. The summed E-state index contributed by atoms with van der Waals surface area (Å²) >= 11 is 0. The maximum atomic E-state index is 9.96. The number of anilines is 1. The zero-order chi connectivity index (χ0) is 14.4. The molecule has 1 aromatic heterocycles. The van der Waals surface area contributed by atoms with Gasteiger partial charge in [0.05, 0.1) is 18.5 Å². The molecule has 108 valence electrons. The van der Waals surface area contributed by atoms with Gasteiger partial charge in [0.2, 0.25) is 0 Å². The van der Waals surface area contributed by atoms with Crippen LogP contribution in [0.5, 0.6) is 5.75 Å². The number of rotatable bonds is 7. The number of nitrogens with zero attached hydrogens (tertiary/aromatic N) is 1. The number of nitrogens with two attached hydrogens (primary N) is 1. The summed E-state index contributed by atoms with van der Waals surface area (Å²) in [6, 6.07) is 11.0. The third-order valence-corrected chi connectivity index (χ3v) is 2.88. The van der Waals surface area contributed by atoms with Gasteiger partial charge >= 0.3 is 0 Å². The van der Waals surface area contributed by atoms with Crippen LogP contribution in [0.3, 0.4) is 0 Å². The fourth-order valence-electron chi connectivity index (χ4n) is 1.94. The molecule has 5 nitrogen and oxygen atoms in total. The molecule has 0 saturated carbocycles. The van der Waals surface area contributed by atoms with Gasteiger partial charge in [-0.05, 0) is 31.3 Å². The van der Waals surface area contributed by atoms with E-state index in [0.29, 0.717) is 24.5 Å². The largest absolute Gasteiger partial charge is 0.489 e. The van der Waals surface area contributed by atoms with Gasteiger partial charge in [0.1, 0.15) is 24.2 Å². The minimum Gasteiger partial charge on any atom is -0.489 e. The third-order valence-electron chi connectivity index (χ3n) is 2.88. The maximum absolute atomic E-state index is 9.96. The second kappa shape index (κ2) is 6.98. The molecule has 2 aromatic rings. The van der Waals surface area contributed by atoms with Gasteiger partial charge in [-0.15, -0.1) is 0 Å². The number of aliphatic hydroxyl groups is 1. The molecule has 0 bridgehead atoms. The van der Waals surface area contributed by atoms with E-state index in [9.17, 15) is 5.11 Å². The number of ether oxygens (including phenoxy) is 1. The molecule has 0 aliphatic carbocycles. The van der Waals surface area contributed by atoms with Crippen LogP contribution in [0.2, 0.25) is 0 Å². The van der Waals surface area contributed by atoms with E-state index in [0.717, 1.165) is 5.76 Å². The van der Waals surface area contributed by atoms with Crippen LogP contribution in [0.25, 0.3) is 0 Å². The predicted molar refractivity (Wildman–Crippen MR) is 77.4 cm³/mol. The van der Waals surface area contributed by atoms with Gasteiger partial charge in [0.25, 0.3) is 0 Å². The van der Waals surface area contributed by atoms with Crippen LogP contribution in [-0.4, -0.2) is 36.3 Å². The summed E-state index contributed by atoms with van der Waals surface area (Å²) in [6.07, 6.45) is 1.05. The van der Waals surface area contributed by atoms with Crippen LogP contribution in [0.4, 0.5) is 5.69 Å². The molecular formula is C15H20N2O3. The fourth-order valence-corrected chi connectivity index (χ4v) is 1.94. The van der Waals surface area contributed by atoms with Crippen molar-refractivity contribution in [1.82, 2.24) is 4.90 Å². The Hall–Kier alpha value is -1.98. The molecule has 0 spiro atoms. The summed E-state index contributed by atoms with van der Waals surface area (Å²) in [7, 11) is 1.92. The Morgan fingerprint density at radius 1 is 1.30 bits per heavy atom. The first kappa shape index (κ1) is 14.4. The summed E-state index contributed by atoms with van der Waals surface area (Å²) < 4.78 is 10.8. The Morgan fingerprint density at radius 2 is 2.10 bits per heavy atom. The highest BCUT2D eigenvalue weighted by atomic mass is 16.5. The van der Waals surface area contributed by atoms with Gasteiger partial charge in [0, 0.05) is 6.54 Å². The van der Waals surface area contributed by atoms with Crippen molar-refractivity contribution >= 4 is 5.69 Å². The molecule has 0 saturated heterocycles. The first-order valence-electron chi connectivity index (χ1n) is 6.51. The van der Waals surface area contributed by atoms with Gasteiger partial charge in [-0.2, -0.15) is 0 Å². The second-order valence-electron chi connectivity index (χ2n) is 4.78. The summed E-state index contributed by atoms with van der Waals surface area (Å²) in [4.78, 5) is 1.97. The van der Waals surface area contributed by atoms with Crippen molar-refractivity contribution in [3.8, 4) is 5.75 Å². The predicted octanol–water partition coefficient (Wildman–Crippen LogP) is 1.73. The standard InChI is InChI=1S/C15H20N2O3/c1-17(10-13-5-4-8-19-13)9-12(18)11-20-15-7-3-2-6-14(15)16/h2-8,12,18H,9-11,16H2,1H3. The first-order valence-corrected chi connectivity index (χ1v) is 6.51. The van der Waals surface area contributed by atoms with Gasteiger partial charge in [0.15, 0.2) is 0 Å². The Balaban J connectivity index is 1.75. The highest BCUT2D eigenvalue weighted by Gasteiger charge is 2.11. The van der Waals surface area contributed by atoms with Crippen LogP contribution in [0.1, 0.15) is 5.76 Å². The summed E-state index contributed by atoms with van der Waals surface area (Å²) in [5.74, 6) is 1.47. The minimum absolute atomic E-state index is 0.205. The van der Waals surface area contributed by atoms with Crippen molar-refractivity contribution in [2.75, 3.05) is 25.9 Å². The lowest BCUT2D eigenvalue weighted by atomic mass is 10.3. The molecule has 0 amide bonds. The van der Waals surface area contributed by atoms with Crippen LogP contribution >= 0.6 is 0 Å². The normalized spacial score (nSPS) is 12.6. The molecule has 0 aliphatic rings. The van der Waals surface area contributed by atoms with Gasteiger partial charge in [-0.1, -0.05) is 12.1 Å². The van der Waals surface area contributed by atoms with Crippen LogP contribution in [-0.2, 0) is 6.54 Å². The average Bonchev–Trinajstić information content (AvgIpc) is 2.90. The van der Waals surface area contributed by atoms with Crippen molar-refractivity contribution in [2.24, 2.45) is 0 Å². The van der Waals surface area contributed by atoms with E-state index in [1.54, 1.807) is 18.4 Å². The summed E-state index contributed by atoms with van der Waals surface area (Å²) in [5, 5.41) is 9.96. The number of para-hydroxylation sites is 2. The van der Waals surface area contributed by atoms with E-state index in [1.807, 2.05) is 36.2 Å². The number of hydrogen-bond acceptors (Lipinski definition) is 5. The van der Waals surface area contributed by atoms with E-state index in [1.165, 1.54) is 0 Å². The molecule has 1 atom stereocenters. The van der Waals surface area contributed by atoms with Gasteiger partial charge in [-0.3, -0.25) is 4.90 Å². The number of benzene rings is 1. The number of nitrogen functional groups attached to an aromatic ring is 1. The molecule has 1 heterocycles. The Bertz CT molecular complexity index is 514. The first-order chi connectivity index (χ1) is 9.65. The van der Waals surface area contributed by atoms with Crippen LogP contribution < -0.4 is 10.5 Å². The van der Waals surface area contributed by atoms with Crippen LogP contribution in [0.15, 0.2) is 47.1 Å². The Kier molecular flexibility index (Phi) is 5.03. The molecule has 2 rings (SSSR count). The Morgan fingerprint density at radius 3 is 2.80 bits per heavy atom. The summed E-state index contributed by atoms with van der Waals surface area (Å²) in [5.41, 5.74) is 6.34. The fraction of sp³-hybridized carbons (Fsp3) is 0.333. The average molecular weight is 276 g/mol. The molecule has 1 unspecified atom stereocenters. The van der Waals surface area contributed by atoms with E-state index < -0.39 is 6.10 Å².